The van der Waals surface area contributed by atoms with Crippen LogP contribution < -0.4 is 10.5 Å². The van der Waals surface area contributed by atoms with E-state index in [1.54, 1.807) is 18.2 Å². The van der Waals surface area contributed by atoms with Gasteiger partial charge in [-0.1, -0.05) is 5.16 Å². The monoisotopic (exact) mass is 263 g/mol. The quantitative estimate of drug-likeness (QED) is 0.782. The average molecular weight is 263 g/mol. The number of rotatable bonds is 3. The summed E-state index contributed by atoms with van der Waals surface area (Å²) in [5, 5.41) is 11.5. The van der Waals surface area contributed by atoms with Crippen LogP contribution in [0.4, 0.5) is 11.5 Å². The van der Waals surface area contributed by atoms with Gasteiger partial charge in [0.1, 0.15) is 6.26 Å². The van der Waals surface area contributed by atoms with Gasteiger partial charge in [0.25, 0.3) is 0 Å². The summed E-state index contributed by atoms with van der Waals surface area (Å²) >= 11 is 0. The maximum atomic E-state index is 11.0. The van der Waals surface area contributed by atoms with Crippen LogP contribution in [0.2, 0.25) is 0 Å². The standard InChI is InChI=1S/C9H9N3O3S.Na.H/c10-16(13,14)8-3-1-7(2-4-8)11-9-5-6-15-12-9;;/h1-6H,(H,11,12)(H2,10,13,14);;. The molecule has 2 aromatic rings. The molecule has 0 aliphatic heterocycles. The van der Waals surface area contributed by atoms with Crippen molar-refractivity contribution < 1.29 is 12.9 Å². The molecule has 0 spiro atoms. The van der Waals surface area contributed by atoms with Crippen molar-refractivity contribution in [3.05, 3.63) is 36.6 Å². The van der Waals surface area contributed by atoms with Crippen LogP contribution in [0.5, 0.6) is 0 Å². The molecule has 1 aromatic carbocycles. The van der Waals surface area contributed by atoms with Crippen molar-refractivity contribution in [2.24, 2.45) is 5.14 Å². The normalized spacial score (nSPS) is 10.6. The average Bonchev–Trinajstić information content (AvgIpc) is 2.70. The van der Waals surface area contributed by atoms with Crippen LogP contribution in [-0.4, -0.2) is 43.1 Å². The Kier molecular flexibility index (Phi) is 4.72. The molecule has 0 amide bonds. The van der Waals surface area contributed by atoms with Crippen molar-refractivity contribution in [1.82, 2.24) is 5.16 Å². The second-order valence-corrected chi connectivity index (χ2v) is 4.64. The Labute approximate surface area is 121 Å². The fourth-order valence-corrected chi connectivity index (χ4v) is 1.67. The van der Waals surface area contributed by atoms with E-state index in [0.717, 1.165) is 0 Å². The van der Waals surface area contributed by atoms with E-state index < -0.39 is 10.0 Å². The van der Waals surface area contributed by atoms with Gasteiger partial charge in [0.2, 0.25) is 10.0 Å². The molecular weight excluding hydrogens is 253 g/mol. The Morgan fingerprint density at radius 3 is 2.29 bits per heavy atom. The molecule has 0 bridgehead atoms. The summed E-state index contributed by atoms with van der Waals surface area (Å²) in [4.78, 5) is 0.0678. The van der Waals surface area contributed by atoms with E-state index in [4.69, 9.17) is 5.14 Å². The van der Waals surface area contributed by atoms with E-state index in [2.05, 4.69) is 15.0 Å². The molecule has 1 heterocycles. The summed E-state index contributed by atoms with van der Waals surface area (Å²) in [5.74, 6) is 0.545. The van der Waals surface area contributed by atoms with Crippen molar-refractivity contribution in [2.45, 2.75) is 4.90 Å². The van der Waals surface area contributed by atoms with Crippen molar-refractivity contribution in [2.75, 3.05) is 5.32 Å². The van der Waals surface area contributed by atoms with Crippen molar-refractivity contribution >= 4 is 51.1 Å². The van der Waals surface area contributed by atoms with Crippen LogP contribution in [0, 0.1) is 0 Å². The summed E-state index contributed by atoms with van der Waals surface area (Å²) in [7, 11) is -3.64. The van der Waals surface area contributed by atoms with Gasteiger partial charge in [-0.2, -0.15) is 0 Å². The number of nitrogens with one attached hydrogen (secondary N) is 1. The summed E-state index contributed by atoms with van der Waals surface area (Å²) in [5.41, 5.74) is 0.696. The molecule has 0 aliphatic rings. The number of hydrogen-bond donors (Lipinski definition) is 2. The Bertz CT molecular complexity index is 566. The van der Waals surface area contributed by atoms with Gasteiger partial charge < -0.3 is 9.84 Å². The van der Waals surface area contributed by atoms with E-state index in [1.807, 2.05) is 0 Å². The predicted octanol–water partition coefficient (Wildman–Crippen LogP) is 0.417. The van der Waals surface area contributed by atoms with E-state index in [9.17, 15) is 8.42 Å². The molecule has 6 nitrogen and oxygen atoms in total. The number of sulfonamides is 1. The molecule has 86 valence electrons. The summed E-state index contributed by atoms with van der Waals surface area (Å²) in [6, 6.07) is 7.66. The molecule has 0 saturated heterocycles. The number of aromatic nitrogens is 1. The molecule has 0 unspecified atom stereocenters. The van der Waals surface area contributed by atoms with Gasteiger partial charge in [-0.25, -0.2) is 13.6 Å². The molecule has 0 atom stereocenters. The SMILES string of the molecule is NS(=O)(=O)c1ccc(Nc2ccon2)cc1.[NaH]. The zero-order valence-corrected chi connectivity index (χ0v) is 8.94. The van der Waals surface area contributed by atoms with E-state index in [-0.39, 0.29) is 34.5 Å². The van der Waals surface area contributed by atoms with Crippen LogP contribution in [-0.2, 0) is 10.0 Å². The Balaban J connectivity index is 0.00000144. The van der Waals surface area contributed by atoms with Crippen molar-refractivity contribution in [1.29, 1.82) is 0 Å². The fourth-order valence-electron chi connectivity index (χ4n) is 1.15. The first-order valence-corrected chi connectivity index (χ1v) is 5.90. The Morgan fingerprint density at radius 2 is 1.82 bits per heavy atom. The second kappa shape index (κ2) is 5.65. The van der Waals surface area contributed by atoms with Gasteiger partial charge in [-0.3, -0.25) is 0 Å². The summed E-state index contributed by atoms with van der Waals surface area (Å²) < 4.78 is 26.6. The fraction of sp³-hybridized carbons (Fsp3) is 0. The molecule has 8 heteroatoms. The first-order chi connectivity index (χ1) is 7.55. The van der Waals surface area contributed by atoms with Gasteiger partial charge in [-0.15, -0.1) is 0 Å². The molecule has 0 saturated carbocycles. The molecule has 3 N–H and O–H groups in total. The van der Waals surface area contributed by atoms with Crippen molar-refractivity contribution in [3.63, 3.8) is 0 Å². The molecule has 0 radical (unpaired) electrons. The number of nitrogens with zero attached hydrogens (tertiary/aromatic N) is 1. The first kappa shape index (κ1) is 14.2. The molecular formula is C9H10N3NaO3S. The number of nitrogens with two attached hydrogens (primary N) is 1. The zero-order valence-electron chi connectivity index (χ0n) is 8.12. The third-order valence-electron chi connectivity index (χ3n) is 1.89. The Hall–Kier alpha value is -0.860. The molecule has 0 fully saturated rings. The number of hydrogen-bond acceptors (Lipinski definition) is 5. The second-order valence-electron chi connectivity index (χ2n) is 3.08. The van der Waals surface area contributed by atoms with E-state index in [1.165, 1.54) is 18.4 Å². The van der Waals surface area contributed by atoms with Gasteiger partial charge >= 0.3 is 29.6 Å². The van der Waals surface area contributed by atoms with E-state index in [0.29, 0.717) is 11.5 Å². The zero-order chi connectivity index (χ0) is 11.6. The van der Waals surface area contributed by atoms with Crippen LogP contribution in [0.1, 0.15) is 0 Å². The molecule has 17 heavy (non-hydrogen) atoms. The predicted molar refractivity (Wildman–Crippen MR) is 64.7 cm³/mol. The molecule has 0 aliphatic carbocycles. The van der Waals surface area contributed by atoms with E-state index >= 15 is 0 Å². The third-order valence-corrected chi connectivity index (χ3v) is 2.82. The van der Waals surface area contributed by atoms with Crippen LogP contribution in [0.25, 0.3) is 0 Å². The molecule has 2 rings (SSSR count). The summed E-state index contributed by atoms with van der Waals surface area (Å²) in [6.45, 7) is 0. The van der Waals surface area contributed by atoms with Gasteiger partial charge in [0, 0.05) is 11.8 Å². The van der Waals surface area contributed by atoms with Gasteiger partial charge in [0.15, 0.2) is 5.82 Å². The number of anilines is 2. The van der Waals surface area contributed by atoms with Crippen molar-refractivity contribution in [3.8, 4) is 0 Å². The van der Waals surface area contributed by atoms with Gasteiger partial charge in [-0.05, 0) is 24.3 Å². The third kappa shape index (κ3) is 3.83. The van der Waals surface area contributed by atoms with Gasteiger partial charge in [0.05, 0.1) is 4.90 Å². The topological polar surface area (TPSA) is 98.2 Å². The first-order valence-electron chi connectivity index (χ1n) is 4.36. The van der Waals surface area contributed by atoms with Crippen LogP contribution in [0.3, 0.4) is 0 Å². The van der Waals surface area contributed by atoms with Crippen LogP contribution >= 0.6 is 0 Å². The number of primary sulfonamides is 1. The Morgan fingerprint density at radius 1 is 1.18 bits per heavy atom. The summed E-state index contributed by atoms with van der Waals surface area (Å²) in [6.07, 6.45) is 1.43. The van der Waals surface area contributed by atoms with Crippen LogP contribution in [0.15, 0.2) is 46.0 Å². The minimum absolute atomic E-state index is 0. The minimum atomic E-state index is -3.64. The maximum absolute atomic E-state index is 11.0. The number of benzene rings is 1. The molecule has 1 aromatic heterocycles.